The molecule has 0 bridgehead atoms. The Bertz CT molecular complexity index is 1120. The molecule has 32 heavy (non-hydrogen) atoms. The van der Waals surface area contributed by atoms with E-state index < -0.39 is 65.2 Å². The number of carbonyl (C=O) groups excluding carboxylic acids is 1. The average molecular weight is 455 g/mol. The monoisotopic (exact) mass is 455 g/mol. The number of nitrogens with one attached hydrogen (secondary N) is 1. The van der Waals surface area contributed by atoms with E-state index in [0.717, 1.165) is 0 Å². The number of phenols is 1. The normalized spacial score (nSPS) is 27.2. The quantitative estimate of drug-likeness (QED) is 0.580. The molecule has 0 fully saturated rings. The third kappa shape index (κ3) is 3.27. The first-order valence-electron chi connectivity index (χ1n) is 9.79. The van der Waals surface area contributed by atoms with Crippen LogP contribution >= 0.6 is 0 Å². The van der Waals surface area contributed by atoms with Gasteiger partial charge in [0, 0.05) is 11.1 Å². The number of aromatic hydroxyl groups is 1. The molecule has 2 aliphatic rings. The maximum atomic E-state index is 14.2. The molecule has 0 saturated heterocycles. The molecule has 1 aliphatic heterocycles. The van der Waals surface area contributed by atoms with E-state index in [4.69, 9.17) is 0 Å². The third-order valence-electron chi connectivity index (χ3n) is 6.08. The lowest BCUT2D eigenvalue weighted by Crippen LogP contribution is -2.58. The first-order valence-corrected chi connectivity index (χ1v) is 9.79. The average Bonchev–Trinajstić information content (AvgIpc) is 2.74. The minimum absolute atomic E-state index is 0.0250. The number of benzene rings is 2. The number of carbonyl (C=O) groups is 1. The predicted molar refractivity (Wildman–Crippen MR) is 101 cm³/mol. The van der Waals surface area contributed by atoms with Crippen LogP contribution in [0.4, 0.5) is 22.0 Å². The number of phenolic OH excluding ortho intramolecular Hbond substituents is 1. The van der Waals surface area contributed by atoms with Gasteiger partial charge in [0.25, 0.3) is 5.91 Å². The van der Waals surface area contributed by atoms with Crippen LogP contribution in [-0.2, 0) is 0 Å². The molecule has 1 heterocycles. The highest BCUT2D eigenvalue weighted by Crippen LogP contribution is 2.55. The maximum Gasteiger partial charge on any atom is 0.419 e. The van der Waals surface area contributed by atoms with Crippen molar-refractivity contribution >= 4 is 5.91 Å². The van der Waals surface area contributed by atoms with Gasteiger partial charge in [-0.05, 0) is 36.5 Å². The Morgan fingerprint density at radius 3 is 2.56 bits per heavy atom. The molecule has 6 nitrogen and oxygen atoms in total. The number of rotatable bonds is 3. The van der Waals surface area contributed by atoms with E-state index in [2.05, 4.69) is 15.5 Å². The lowest BCUT2D eigenvalue weighted by atomic mass is 9.69. The number of amides is 1. The highest BCUT2D eigenvalue weighted by atomic mass is 19.4. The van der Waals surface area contributed by atoms with E-state index in [-0.39, 0.29) is 23.1 Å². The van der Waals surface area contributed by atoms with Crippen LogP contribution in [0.25, 0.3) is 0 Å². The molecular formula is C21H18F5N3O3. The Balaban J connectivity index is 1.90. The number of alkyl halides is 3. The van der Waals surface area contributed by atoms with Gasteiger partial charge in [-0.1, -0.05) is 25.1 Å². The van der Waals surface area contributed by atoms with Gasteiger partial charge in [-0.25, -0.2) is 4.39 Å². The summed E-state index contributed by atoms with van der Waals surface area (Å²) in [6.07, 6.45) is -7.33. The number of halogens is 5. The Labute approximate surface area is 178 Å². The topological polar surface area (TPSA) is 94.3 Å². The second kappa shape index (κ2) is 7.59. The molecule has 1 unspecified atom stereocenters. The standard InChI is InChI=1S/C21H18F5N3O3/c1-2-9-8-20(32,21(24,25)26)17(12-7-13(22)15(23)16(30)14(9)12)27-18-10-5-3-4-6-11(10)19(31)29-28-18/h3-7,9,17-18,27,30,32H,2,8H2,1H3/t9?,17-,18-,20+/m1/s1. The summed E-state index contributed by atoms with van der Waals surface area (Å²) >= 11 is 0. The molecule has 0 radical (unpaired) electrons. The number of fused-ring (bicyclic) bond motifs is 2. The number of azo groups is 1. The van der Waals surface area contributed by atoms with Crippen LogP contribution in [0.2, 0.25) is 0 Å². The summed E-state index contributed by atoms with van der Waals surface area (Å²) in [6, 6.07) is 4.46. The molecule has 0 saturated carbocycles. The van der Waals surface area contributed by atoms with E-state index in [1.165, 1.54) is 19.1 Å². The van der Waals surface area contributed by atoms with E-state index in [1.807, 2.05) is 0 Å². The highest BCUT2D eigenvalue weighted by Gasteiger charge is 2.63. The number of nitrogens with zero attached hydrogens (tertiary/aromatic N) is 2. The molecule has 1 amide bonds. The van der Waals surface area contributed by atoms with Crippen LogP contribution in [-0.4, -0.2) is 27.9 Å². The van der Waals surface area contributed by atoms with Gasteiger partial charge in [-0.15, -0.1) is 5.11 Å². The van der Waals surface area contributed by atoms with Crippen molar-refractivity contribution < 1.29 is 37.0 Å². The predicted octanol–water partition coefficient (Wildman–Crippen LogP) is 4.80. The summed E-state index contributed by atoms with van der Waals surface area (Å²) in [5.74, 6) is -6.01. The molecule has 2 aromatic carbocycles. The highest BCUT2D eigenvalue weighted by molar-refractivity contribution is 5.96. The fourth-order valence-electron chi connectivity index (χ4n) is 4.46. The minimum Gasteiger partial charge on any atom is -0.505 e. The van der Waals surface area contributed by atoms with Crippen molar-refractivity contribution in [1.29, 1.82) is 0 Å². The van der Waals surface area contributed by atoms with Crippen molar-refractivity contribution in [2.75, 3.05) is 0 Å². The summed E-state index contributed by atoms with van der Waals surface area (Å²) in [5.41, 5.74) is -3.74. The summed E-state index contributed by atoms with van der Waals surface area (Å²) in [6.45, 7) is 1.51. The van der Waals surface area contributed by atoms with Gasteiger partial charge >= 0.3 is 6.18 Å². The molecular weight excluding hydrogens is 437 g/mol. The van der Waals surface area contributed by atoms with Gasteiger partial charge < -0.3 is 10.2 Å². The van der Waals surface area contributed by atoms with Gasteiger partial charge in [0.1, 0.15) is 6.17 Å². The van der Waals surface area contributed by atoms with Gasteiger partial charge in [0.2, 0.25) is 5.82 Å². The first kappa shape index (κ1) is 22.3. The van der Waals surface area contributed by atoms with Gasteiger partial charge in [0.05, 0.1) is 11.6 Å². The first-order chi connectivity index (χ1) is 15.0. The number of aliphatic hydroxyl groups is 1. The Hall–Kier alpha value is -2.92. The molecule has 4 rings (SSSR count). The van der Waals surface area contributed by atoms with Crippen LogP contribution in [0, 0.1) is 11.6 Å². The molecule has 0 spiro atoms. The molecule has 1 aliphatic carbocycles. The van der Waals surface area contributed by atoms with Crippen LogP contribution < -0.4 is 5.32 Å². The van der Waals surface area contributed by atoms with Crippen molar-refractivity contribution in [3.63, 3.8) is 0 Å². The molecule has 0 aromatic heterocycles. The Kier molecular flexibility index (Phi) is 5.29. The SMILES string of the molecule is CCC1C[C@@](O)(C(F)(F)F)[C@H](N[C@@H]2N=NC(=O)c3ccccc32)c2cc(F)c(F)c(O)c21. The zero-order valence-corrected chi connectivity index (χ0v) is 16.6. The zero-order valence-electron chi connectivity index (χ0n) is 16.6. The smallest absolute Gasteiger partial charge is 0.419 e. The summed E-state index contributed by atoms with van der Waals surface area (Å²) in [4.78, 5) is 12.0. The second-order valence-electron chi connectivity index (χ2n) is 7.87. The summed E-state index contributed by atoms with van der Waals surface area (Å²) < 4.78 is 70.7. The largest absolute Gasteiger partial charge is 0.505 e. The van der Waals surface area contributed by atoms with Crippen molar-refractivity contribution in [3.8, 4) is 5.75 Å². The van der Waals surface area contributed by atoms with E-state index in [1.54, 1.807) is 12.1 Å². The maximum absolute atomic E-state index is 14.2. The summed E-state index contributed by atoms with van der Waals surface area (Å²) in [5, 5.41) is 30.8. The van der Waals surface area contributed by atoms with E-state index in [9.17, 15) is 37.0 Å². The van der Waals surface area contributed by atoms with Gasteiger partial charge in [0.15, 0.2) is 17.2 Å². The molecule has 3 N–H and O–H groups in total. The minimum atomic E-state index is -5.17. The fraction of sp³-hybridized carbons (Fsp3) is 0.381. The van der Waals surface area contributed by atoms with E-state index in [0.29, 0.717) is 6.07 Å². The zero-order chi connectivity index (χ0) is 23.4. The van der Waals surface area contributed by atoms with Crippen LogP contribution in [0.3, 0.4) is 0 Å². The lowest BCUT2D eigenvalue weighted by molar-refractivity contribution is -0.279. The molecule has 170 valence electrons. The van der Waals surface area contributed by atoms with Crippen LogP contribution in [0.1, 0.15) is 64.9 Å². The van der Waals surface area contributed by atoms with Crippen molar-refractivity contribution in [2.24, 2.45) is 10.2 Å². The van der Waals surface area contributed by atoms with Crippen LogP contribution in [0.5, 0.6) is 5.75 Å². The van der Waals surface area contributed by atoms with Crippen LogP contribution in [0.15, 0.2) is 40.6 Å². The van der Waals surface area contributed by atoms with Crippen molar-refractivity contribution in [2.45, 2.75) is 49.7 Å². The Morgan fingerprint density at radius 2 is 1.91 bits per heavy atom. The number of hydrogen-bond donors (Lipinski definition) is 3. The third-order valence-corrected chi connectivity index (χ3v) is 6.08. The summed E-state index contributed by atoms with van der Waals surface area (Å²) in [7, 11) is 0. The van der Waals surface area contributed by atoms with E-state index >= 15 is 0 Å². The van der Waals surface area contributed by atoms with Gasteiger partial charge in [-0.3, -0.25) is 10.1 Å². The molecule has 4 atom stereocenters. The number of hydrogen-bond acceptors (Lipinski definition) is 5. The lowest BCUT2D eigenvalue weighted by Gasteiger charge is -2.46. The van der Waals surface area contributed by atoms with Gasteiger partial charge in [-0.2, -0.15) is 22.7 Å². The fourth-order valence-corrected chi connectivity index (χ4v) is 4.46. The molecule has 11 heteroatoms. The van der Waals surface area contributed by atoms with Crippen molar-refractivity contribution in [1.82, 2.24) is 5.32 Å². The molecule has 2 aromatic rings. The Morgan fingerprint density at radius 1 is 1.22 bits per heavy atom. The van der Waals surface area contributed by atoms with Crippen molar-refractivity contribution in [3.05, 3.63) is 64.2 Å². The second-order valence-corrected chi connectivity index (χ2v) is 7.87.